The summed E-state index contributed by atoms with van der Waals surface area (Å²) >= 11 is 0. The van der Waals surface area contributed by atoms with Crippen LogP contribution in [0.15, 0.2) is 29.3 Å². The second kappa shape index (κ2) is 11.4. The SMILES string of the molecule is COc1cccc(OC(C)CN=C(N)NCCC(C)C)c1.I. The summed E-state index contributed by atoms with van der Waals surface area (Å²) in [5, 5.41) is 3.10. The van der Waals surface area contributed by atoms with Crippen molar-refractivity contribution in [2.75, 3.05) is 20.2 Å². The summed E-state index contributed by atoms with van der Waals surface area (Å²) in [5.74, 6) is 2.67. The molecule has 0 fully saturated rings. The zero-order chi connectivity index (χ0) is 15.7. The Morgan fingerprint density at radius 2 is 1.95 bits per heavy atom. The first-order valence-electron chi connectivity index (χ1n) is 7.35. The predicted octanol–water partition coefficient (Wildman–Crippen LogP) is 3.03. The zero-order valence-electron chi connectivity index (χ0n) is 13.8. The Balaban J connectivity index is 0.00000441. The molecule has 0 aromatic heterocycles. The maximum atomic E-state index is 5.81. The predicted molar refractivity (Wildman–Crippen MR) is 102 cm³/mol. The number of ether oxygens (including phenoxy) is 2. The van der Waals surface area contributed by atoms with Crippen molar-refractivity contribution >= 4 is 29.9 Å². The highest BCUT2D eigenvalue weighted by molar-refractivity contribution is 14.0. The lowest BCUT2D eigenvalue weighted by molar-refractivity contribution is 0.229. The molecule has 0 aliphatic heterocycles. The summed E-state index contributed by atoms with van der Waals surface area (Å²) < 4.78 is 10.9. The fourth-order valence-electron chi connectivity index (χ4n) is 1.72. The lowest BCUT2D eigenvalue weighted by atomic mass is 10.1. The molecule has 0 saturated carbocycles. The number of methoxy groups -OCH3 is 1. The first-order valence-corrected chi connectivity index (χ1v) is 7.35. The molecule has 0 radical (unpaired) electrons. The van der Waals surface area contributed by atoms with E-state index in [-0.39, 0.29) is 30.1 Å². The zero-order valence-corrected chi connectivity index (χ0v) is 16.2. The van der Waals surface area contributed by atoms with Gasteiger partial charge in [0.05, 0.1) is 13.7 Å². The minimum Gasteiger partial charge on any atom is -0.497 e. The lowest BCUT2D eigenvalue weighted by Gasteiger charge is -2.14. The fourth-order valence-corrected chi connectivity index (χ4v) is 1.72. The number of hydrogen-bond acceptors (Lipinski definition) is 3. The van der Waals surface area contributed by atoms with Crippen molar-refractivity contribution in [3.05, 3.63) is 24.3 Å². The van der Waals surface area contributed by atoms with E-state index in [2.05, 4.69) is 24.2 Å². The highest BCUT2D eigenvalue weighted by Crippen LogP contribution is 2.19. The monoisotopic (exact) mass is 421 g/mol. The van der Waals surface area contributed by atoms with Crippen LogP contribution in [0.2, 0.25) is 0 Å². The van der Waals surface area contributed by atoms with Gasteiger partial charge in [0, 0.05) is 12.6 Å². The number of nitrogens with one attached hydrogen (secondary N) is 1. The molecule has 0 saturated heterocycles. The van der Waals surface area contributed by atoms with Gasteiger partial charge >= 0.3 is 0 Å². The Morgan fingerprint density at radius 1 is 1.27 bits per heavy atom. The third kappa shape index (κ3) is 8.96. The lowest BCUT2D eigenvalue weighted by Crippen LogP contribution is -2.34. The molecule has 1 aromatic carbocycles. The van der Waals surface area contributed by atoms with Crippen molar-refractivity contribution in [2.45, 2.75) is 33.3 Å². The van der Waals surface area contributed by atoms with Crippen LogP contribution in [0.1, 0.15) is 27.2 Å². The van der Waals surface area contributed by atoms with E-state index in [0.717, 1.165) is 24.5 Å². The van der Waals surface area contributed by atoms with Crippen LogP contribution in [0, 0.1) is 5.92 Å². The number of nitrogens with two attached hydrogens (primary N) is 1. The van der Waals surface area contributed by atoms with Gasteiger partial charge in [-0.25, -0.2) is 4.99 Å². The molecule has 5 nitrogen and oxygen atoms in total. The smallest absolute Gasteiger partial charge is 0.188 e. The molecule has 1 rings (SSSR count). The summed E-state index contributed by atoms with van der Waals surface area (Å²) in [4.78, 5) is 4.29. The van der Waals surface area contributed by atoms with Crippen molar-refractivity contribution in [1.82, 2.24) is 5.32 Å². The number of nitrogens with zero attached hydrogens (tertiary/aromatic N) is 1. The molecule has 126 valence electrons. The Bertz CT molecular complexity index is 453. The van der Waals surface area contributed by atoms with Crippen LogP contribution in [-0.2, 0) is 0 Å². The van der Waals surface area contributed by atoms with Gasteiger partial charge in [-0.05, 0) is 31.4 Å². The normalized spacial score (nSPS) is 12.5. The van der Waals surface area contributed by atoms with Crippen LogP contribution >= 0.6 is 24.0 Å². The van der Waals surface area contributed by atoms with Crippen LogP contribution < -0.4 is 20.5 Å². The Labute approximate surface area is 150 Å². The van der Waals surface area contributed by atoms with Crippen LogP contribution in [0.4, 0.5) is 0 Å². The number of halogens is 1. The van der Waals surface area contributed by atoms with Crippen molar-refractivity contribution in [3.8, 4) is 11.5 Å². The molecule has 1 atom stereocenters. The highest BCUT2D eigenvalue weighted by atomic mass is 127. The third-order valence-electron chi connectivity index (χ3n) is 2.93. The first-order chi connectivity index (χ1) is 10.0. The molecule has 1 aromatic rings. The van der Waals surface area contributed by atoms with E-state index in [4.69, 9.17) is 15.2 Å². The Kier molecular flexibility index (Phi) is 10.8. The van der Waals surface area contributed by atoms with Crippen molar-refractivity contribution in [3.63, 3.8) is 0 Å². The molecule has 0 spiro atoms. The minimum atomic E-state index is -0.0532. The van der Waals surface area contributed by atoms with Gasteiger partial charge in [0.15, 0.2) is 5.96 Å². The summed E-state index contributed by atoms with van der Waals surface area (Å²) in [7, 11) is 1.64. The van der Waals surface area contributed by atoms with Gasteiger partial charge in [-0.2, -0.15) is 0 Å². The molecule has 0 heterocycles. The number of aliphatic imine (C=N–C) groups is 1. The summed E-state index contributed by atoms with van der Waals surface area (Å²) in [6.45, 7) is 7.68. The molecule has 0 aliphatic carbocycles. The van der Waals surface area contributed by atoms with Crippen LogP contribution in [0.3, 0.4) is 0 Å². The Morgan fingerprint density at radius 3 is 2.59 bits per heavy atom. The average molecular weight is 421 g/mol. The van der Waals surface area contributed by atoms with Gasteiger partial charge in [0.1, 0.15) is 17.6 Å². The van der Waals surface area contributed by atoms with E-state index < -0.39 is 0 Å². The molecule has 1 unspecified atom stereocenters. The molecule has 22 heavy (non-hydrogen) atoms. The largest absolute Gasteiger partial charge is 0.497 e. The molecule has 6 heteroatoms. The molecule has 0 amide bonds. The topological polar surface area (TPSA) is 68.9 Å². The van der Waals surface area contributed by atoms with E-state index in [1.165, 1.54) is 0 Å². The van der Waals surface area contributed by atoms with Gasteiger partial charge < -0.3 is 20.5 Å². The van der Waals surface area contributed by atoms with Gasteiger partial charge in [-0.1, -0.05) is 19.9 Å². The van der Waals surface area contributed by atoms with Crippen LogP contribution in [-0.4, -0.2) is 32.3 Å². The van der Waals surface area contributed by atoms with Gasteiger partial charge in [0.2, 0.25) is 0 Å². The fraction of sp³-hybridized carbons (Fsp3) is 0.562. The van der Waals surface area contributed by atoms with Crippen LogP contribution in [0.25, 0.3) is 0 Å². The third-order valence-corrected chi connectivity index (χ3v) is 2.93. The first kappa shape index (κ1) is 20.8. The molecule has 0 aliphatic rings. The Hall–Kier alpha value is -1.18. The second-order valence-corrected chi connectivity index (χ2v) is 5.44. The van der Waals surface area contributed by atoms with Gasteiger partial charge in [-0.3, -0.25) is 0 Å². The second-order valence-electron chi connectivity index (χ2n) is 5.44. The van der Waals surface area contributed by atoms with Gasteiger partial charge in [-0.15, -0.1) is 24.0 Å². The molecule has 3 N–H and O–H groups in total. The van der Waals surface area contributed by atoms with Crippen molar-refractivity contribution < 1.29 is 9.47 Å². The average Bonchev–Trinajstić information content (AvgIpc) is 2.45. The van der Waals surface area contributed by atoms with Gasteiger partial charge in [0.25, 0.3) is 0 Å². The van der Waals surface area contributed by atoms with E-state index in [1.54, 1.807) is 7.11 Å². The number of guanidine groups is 1. The van der Waals surface area contributed by atoms with E-state index in [0.29, 0.717) is 18.4 Å². The maximum absolute atomic E-state index is 5.81. The molecular formula is C16H28IN3O2. The summed E-state index contributed by atoms with van der Waals surface area (Å²) in [6.07, 6.45) is 1.02. The number of hydrogen-bond donors (Lipinski definition) is 2. The van der Waals surface area contributed by atoms with E-state index in [9.17, 15) is 0 Å². The van der Waals surface area contributed by atoms with Crippen molar-refractivity contribution in [1.29, 1.82) is 0 Å². The highest BCUT2D eigenvalue weighted by Gasteiger charge is 2.04. The number of benzene rings is 1. The summed E-state index contributed by atoms with van der Waals surface area (Å²) in [6, 6.07) is 7.52. The summed E-state index contributed by atoms with van der Waals surface area (Å²) in [5.41, 5.74) is 5.81. The number of rotatable bonds is 8. The molecular weight excluding hydrogens is 393 g/mol. The minimum absolute atomic E-state index is 0. The quantitative estimate of drug-likeness (QED) is 0.385. The van der Waals surface area contributed by atoms with E-state index >= 15 is 0 Å². The van der Waals surface area contributed by atoms with Crippen molar-refractivity contribution in [2.24, 2.45) is 16.6 Å². The maximum Gasteiger partial charge on any atom is 0.188 e. The van der Waals surface area contributed by atoms with Crippen LogP contribution in [0.5, 0.6) is 11.5 Å². The van der Waals surface area contributed by atoms with E-state index in [1.807, 2.05) is 31.2 Å². The standard InChI is InChI=1S/C16H27N3O2.HI/c1-12(2)8-9-18-16(17)19-11-13(3)21-15-7-5-6-14(10-15)20-4;/h5-7,10,12-13H,8-9,11H2,1-4H3,(H3,17,18,19);1H. The molecule has 0 bridgehead atoms.